The molecule has 13 heavy (non-hydrogen) atoms. The standard InChI is InChI=1S/C7H8N4OS/c8-10-6(12)3-5-4-11-1-2-13-7(11)9-5/h1-2,4H,3,8H2,(H,10,12). The number of amides is 1. The van der Waals surface area contributed by atoms with E-state index in [4.69, 9.17) is 5.84 Å². The van der Waals surface area contributed by atoms with E-state index in [0.29, 0.717) is 0 Å². The van der Waals surface area contributed by atoms with Crippen LogP contribution in [0.3, 0.4) is 0 Å². The molecule has 0 atom stereocenters. The zero-order chi connectivity index (χ0) is 9.26. The van der Waals surface area contributed by atoms with E-state index in [0.717, 1.165) is 10.7 Å². The lowest BCUT2D eigenvalue weighted by molar-refractivity contribution is -0.120. The highest BCUT2D eigenvalue weighted by Gasteiger charge is 2.06. The topological polar surface area (TPSA) is 72.4 Å². The fourth-order valence-electron chi connectivity index (χ4n) is 1.08. The van der Waals surface area contributed by atoms with E-state index in [1.165, 1.54) is 11.3 Å². The zero-order valence-electron chi connectivity index (χ0n) is 6.73. The molecule has 68 valence electrons. The van der Waals surface area contributed by atoms with Crippen LogP contribution in [0.5, 0.6) is 0 Å². The molecule has 3 N–H and O–H groups in total. The number of carbonyl (C=O) groups excluding carboxylic acids is 1. The van der Waals surface area contributed by atoms with Gasteiger partial charge in [0.1, 0.15) is 0 Å². The van der Waals surface area contributed by atoms with Gasteiger partial charge in [-0.25, -0.2) is 10.8 Å². The SMILES string of the molecule is NNC(=O)Cc1cn2ccsc2n1. The summed E-state index contributed by atoms with van der Waals surface area (Å²) < 4.78 is 1.88. The van der Waals surface area contributed by atoms with Crippen molar-refractivity contribution in [2.45, 2.75) is 6.42 Å². The summed E-state index contributed by atoms with van der Waals surface area (Å²) >= 11 is 1.53. The summed E-state index contributed by atoms with van der Waals surface area (Å²) in [5.41, 5.74) is 2.80. The molecule has 2 aromatic rings. The van der Waals surface area contributed by atoms with E-state index in [1.807, 2.05) is 22.2 Å². The second-order valence-corrected chi connectivity index (χ2v) is 3.44. The van der Waals surface area contributed by atoms with Gasteiger partial charge in [-0.15, -0.1) is 11.3 Å². The first kappa shape index (κ1) is 8.21. The molecule has 0 aliphatic heterocycles. The summed E-state index contributed by atoms with van der Waals surface area (Å²) in [6.45, 7) is 0. The predicted octanol–water partition coefficient (Wildman–Crippen LogP) is -0.0718. The molecule has 0 aliphatic carbocycles. The number of hydrogen-bond acceptors (Lipinski definition) is 4. The molecule has 0 spiro atoms. The third-order valence-electron chi connectivity index (χ3n) is 1.65. The largest absolute Gasteiger partial charge is 0.297 e. The van der Waals surface area contributed by atoms with Gasteiger partial charge in [0.15, 0.2) is 4.96 Å². The van der Waals surface area contributed by atoms with Crippen LogP contribution >= 0.6 is 11.3 Å². The van der Waals surface area contributed by atoms with Crippen LogP contribution in [0.15, 0.2) is 17.8 Å². The molecule has 0 aromatic carbocycles. The summed E-state index contributed by atoms with van der Waals surface area (Å²) in [6.07, 6.45) is 3.95. The van der Waals surface area contributed by atoms with Crippen LogP contribution in [0.1, 0.15) is 5.69 Å². The van der Waals surface area contributed by atoms with Crippen LogP contribution in [0.2, 0.25) is 0 Å². The van der Waals surface area contributed by atoms with Crippen molar-refractivity contribution in [2.75, 3.05) is 0 Å². The Morgan fingerprint density at radius 1 is 1.77 bits per heavy atom. The molecular formula is C7H8N4OS. The molecule has 0 fully saturated rings. The van der Waals surface area contributed by atoms with Crippen molar-refractivity contribution < 1.29 is 4.79 Å². The first-order valence-corrected chi connectivity index (χ1v) is 4.58. The Bertz CT molecular complexity index is 404. The summed E-state index contributed by atoms with van der Waals surface area (Å²) in [5.74, 6) is 4.73. The third-order valence-corrected chi connectivity index (χ3v) is 2.42. The highest BCUT2D eigenvalue weighted by atomic mass is 32.1. The highest BCUT2D eigenvalue weighted by molar-refractivity contribution is 7.15. The monoisotopic (exact) mass is 196 g/mol. The number of hydrogen-bond donors (Lipinski definition) is 2. The number of rotatable bonds is 2. The molecule has 0 saturated carbocycles. The lowest BCUT2D eigenvalue weighted by Gasteiger charge is -1.93. The molecule has 6 heteroatoms. The fraction of sp³-hybridized carbons (Fsp3) is 0.143. The molecule has 1 amide bonds. The molecule has 5 nitrogen and oxygen atoms in total. The Labute approximate surface area is 78.2 Å². The second-order valence-electron chi connectivity index (χ2n) is 2.57. The summed E-state index contributed by atoms with van der Waals surface area (Å²) in [7, 11) is 0. The molecule has 2 aromatic heterocycles. The normalized spacial score (nSPS) is 10.5. The van der Waals surface area contributed by atoms with Gasteiger partial charge in [0.25, 0.3) is 0 Å². The number of aromatic nitrogens is 2. The minimum atomic E-state index is -0.231. The van der Waals surface area contributed by atoms with E-state index < -0.39 is 0 Å². The maximum atomic E-state index is 10.9. The van der Waals surface area contributed by atoms with Gasteiger partial charge < -0.3 is 0 Å². The van der Waals surface area contributed by atoms with Gasteiger partial charge in [-0.05, 0) is 0 Å². The molecule has 2 rings (SSSR count). The van der Waals surface area contributed by atoms with Crippen molar-refractivity contribution in [3.05, 3.63) is 23.5 Å². The van der Waals surface area contributed by atoms with Gasteiger partial charge in [0, 0.05) is 17.8 Å². The van der Waals surface area contributed by atoms with Gasteiger partial charge in [0.2, 0.25) is 5.91 Å². The maximum absolute atomic E-state index is 10.9. The van der Waals surface area contributed by atoms with Crippen molar-refractivity contribution in [3.8, 4) is 0 Å². The molecule has 2 heterocycles. The smallest absolute Gasteiger partial charge is 0.239 e. The molecule has 0 saturated heterocycles. The predicted molar refractivity (Wildman–Crippen MR) is 49.1 cm³/mol. The van der Waals surface area contributed by atoms with Crippen molar-refractivity contribution in [1.82, 2.24) is 14.8 Å². The Balaban J connectivity index is 2.25. The van der Waals surface area contributed by atoms with Crippen LogP contribution in [-0.4, -0.2) is 15.3 Å². The van der Waals surface area contributed by atoms with E-state index >= 15 is 0 Å². The van der Waals surface area contributed by atoms with Crippen LogP contribution < -0.4 is 11.3 Å². The Kier molecular flexibility index (Phi) is 1.99. The Hall–Kier alpha value is -1.40. The molecule has 0 aliphatic rings. The molecule has 0 unspecified atom stereocenters. The Morgan fingerprint density at radius 3 is 3.31 bits per heavy atom. The van der Waals surface area contributed by atoms with Gasteiger partial charge in [-0.1, -0.05) is 0 Å². The fourth-order valence-corrected chi connectivity index (χ4v) is 1.80. The van der Waals surface area contributed by atoms with Gasteiger partial charge >= 0.3 is 0 Å². The first-order chi connectivity index (χ1) is 6.29. The van der Waals surface area contributed by atoms with E-state index in [2.05, 4.69) is 10.4 Å². The van der Waals surface area contributed by atoms with Crippen LogP contribution in [0.4, 0.5) is 0 Å². The number of hydrazine groups is 1. The number of nitrogens with one attached hydrogen (secondary N) is 1. The number of imidazole rings is 1. The average molecular weight is 196 g/mol. The van der Waals surface area contributed by atoms with Crippen LogP contribution in [0.25, 0.3) is 4.96 Å². The van der Waals surface area contributed by atoms with Crippen molar-refractivity contribution >= 4 is 22.2 Å². The second kappa shape index (κ2) is 3.15. The van der Waals surface area contributed by atoms with Gasteiger partial charge in [-0.2, -0.15) is 0 Å². The van der Waals surface area contributed by atoms with Crippen LogP contribution in [-0.2, 0) is 11.2 Å². The average Bonchev–Trinajstić information content (AvgIpc) is 2.63. The lowest BCUT2D eigenvalue weighted by Crippen LogP contribution is -2.31. The summed E-state index contributed by atoms with van der Waals surface area (Å²) in [4.78, 5) is 16.0. The van der Waals surface area contributed by atoms with E-state index in [1.54, 1.807) is 0 Å². The van der Waals surface area contributed by atoms with Crippen molar-refractivity contribution in [1.29, 1.82) is 0 Å². The number of nitrogens with zero attached hydrogens (tertiary/aromatic N) is 2. The van der Waals surface area contributed by atoms with E-state index in [-0.39, 0.29) is 12.3 Å². The van der Waals surface area contributed by atoms with E-state index in [9.17, 15) is 4.79 Å². The zero-order valence-corrected chi connectivity index (χ0v) is 7.54. The number of thiazole rings is 1. The maximum Gasteiger partial charge on any atom is 0.239 e. The van der Waals surface area contributed by atoms with Crippen molar-refractivity contribution in [2.24, 2.45) is 5.84 Å². The number of fused-ring (bicyclic) bond motifs is 1. The molecular weight excluding hydrogens is 188 g/mol. The first-order valence-electron chi connectivity index (χ1n) is 3.70. The Morgan fingerprint density at radius 2 is 2.62 bits per heavy atom. The quantitative estimate of drug-likeness (QED) is 0.401. The van der Waals surface area contributed by atoms with Gasteiger partial charge in [-0.3, -0.25) is 14.6 Å². The van der Waals surface area contributed by atoms with Crippen LogP contribution in [0, 0.1) is 0 Å². The molecule has 0 bridgehead atoms. The lowest BCUT2D eigenvalue weighted by atomic mass is 10.3. The summed E-state index contributed by atoms with van der Waals surface area (Å²) in [6, 6.07) is 0. The number of nitrogens with two attached hydrogens (primary N) is 1. The minimum absolute atomic E-state index is 0.227. The third kappa shape index (κ3) is 1.53. The van der Waals surface area contributed by atoms with Gasteiger partial charge in [0.05, 0.1) is 12.1 Å². The highest BCUT2D eigenvalue weighted by Crippen LogP contribution is 2.11. The number of carbonyl (C=O) groups is 1. The summed E-state index contributed by atoms with van der Waals surface area (Å²) in [5, 5.41) is 1.94. The minimum Gasteiger partial charge on any atom is -0.297 e. The molecule has 0 radical (unpaired) electrons. The van der Waals surface area contributed by atoms with Crippen molar-refractivity contribution in [3.63, 3.8) is 0 Å².